The molecule has 6 nitrogen and oxygen atoms in total. The first-order chi connectivity index (χ1) is 10.2. The van der Waals surface area contributed by atoms with Gasteiger partial charge in [-0.3, -0.25) is 4.79 Å². The number of anilines is 1. The van der Waals surface area contributed by atoms with Crippen LogP contribution in [0, 0.1) is 5.82 Å². The van der Waals surface area contributed by atoms with Crippen molar-refractivity contribution in [1.82, 2.24) is 15.0 Å². The lowest BCUT2D eigenvalue weighted by molar-refractivity contribution is 0.101. The Morgan fingerprint density at radius 2 is 1.90 bits per heavy atom. The van der Waals surface area contributed by atoms with Crippen LogP contribution < -0.4 is 4.90 Å². The van der Waals surface area contributed by atoms with Gasteiger partial charge >= 0.3 is 0 Å². The quantitative estimate of drug-likeness (QED) is 0.801. The third-order valence-electron chi connectivity index (χ3n) is 3.36. The zero-order valence-electron chi connectivity index (χ0n) is 11.6. The van der Waals surface area contributed by atoms with Crippen molar-refractivity contribution in [1.29, 1.82) is 0 Å². The number of ketones is 1. The van der Waals surface area contributed by atoms with Crippen LogP contribution in [0.25, 0.3) is 5.69 Å². The van der Waals surface area contributed by atoms with Gasteiger partial charge in [0, 0.05) is 20.0 Å². The highest BCUT2D eigenvalue weighted by Crippen LogP contribution is 2.24. The number of rotatable bonds is 3. The maximum Gasteiger partial charge on any atom is 0.183 e. The first kappa shape index (κ1) is 13.7. The molecule has 1 aliphatic heterocycles. The van der Waals surface area contributed by atoms with Crippen molar-refractivity contribution in [3.8, 4) is 5.69 Å². The van der Waals surface area contributed by atoms with Crippen LogP contribution >= 0.6 is 0 Å². The highest BCUT2D eigenvalue weighted by atomic mass is 19.1. The third kappa shape index (κ3) is 2.64. The molecule has 0 amide bonds. The van der Waals surface area contributed by atoms with Crippen LogP contribution in [0.5, 0.6) is 0 Å². The van der Waals surface area contributed by atoms with Crippen molar-refractivity contribution in [3.05, 3.63) is 35.8 Å². The molecule has 0 spiro atoms. The molecule has 0 aliphatic carbocycles. The summed E-state index contributed by atoms with van der Waals surface area (Å²) in [6.07, 6.45) is 0. The fourth-order valence-corrected chi connectivity index (χ4v) is 2.32. The van der Waals surface area contributed by atoms with Crippen molar-refractivity contribution < 1.29 is 13.9 Å². The summed E-state index contributed by atoms with van der Waals surface area (Å²) >= 11 is 0. The Kier molecular flexibility index (Phi) is 3.66. The van der Waals surface area contributed by atoms with Crippen LogP contribution in [0.2, 0.25) is 0 Å². The Morgan fingerprint density at radius 3 is 2.52 bits per heavy atom. The molecule has 1 aromatic heterocycles. The van der Waals surface area contributed by atoms with Crippen LogP contribution in [-0.2, 0) is 4.74 Å². The summed E-state index contributed by atoms with van der Waals surface area (Å²) in [6.45, 7) is 3.96. The summed E-state index contributed by atoms with van der Waals surface area (Å²) in [6, 6.07) is 5.93. The average molecular weight is 290 g/mol. The fraction of sp³-hybridized carbons (Fsp3) is 0.357. The van der Waals surface area contributed by atoms with Gasteiger partial charge in [0.25, 0.3) is 0 Å². The zero-order chi connectivity index (χ0) is 14.8. The molecular weight excluding hydrogens is 275 g/mol. The van der Waals surface area contributed by atoms with E-state index in [4.69, 9.17) is 4.74 Å². The fourth-order valence-electron chi connectivity index (χ4n) is 2.32. The third-order valence-corrected chi connectivity index (χ3v) is 3.36. The van der Waals surface area contributed by atoms with Gasteiger partial charge in [-0.15, -0.1) is 5.10 Å². The smallest absolute Gasteiger partial charge is 0.183 e. The number of hydrogen-bond donors (Lipinski definition) is 0. The number of carbonyl (C=O) groups excluding carboxylic acids is 1. The molecule has 1 aliphatic rings. The summed E-state index contributed by atoms with van der Waals surface area (Å²) in [7, 11) is 0. The van der Waals surface area contributed by atoms with Crippen LogP contribution in [0.3, 0.4) is 0 Å². The minimum absolute atomic E-state index is 0.148. The number of Topliss-reactive ketones (excluding diaryl/α,β-unsaturated/α-hetero) is 1. The second-order valence-electron chi connectivity index (χ2n) is 4.81. The lowest BCUT2D eigenvalue weighted by Crippen LogP contribution is -2.38. The number of halogens is 1. The van der Waals surface area contributed by atoms with E-state index in [0.29, 0.717) is 43.5 Å². The van der Waals surface area contributed by atoms with Crippen molar-refractivity contribution in [3.63, 3.8) is 0 Å². The lowest BCUT2D eigenvalue weighted by atomic mass is 10.2. The molecule has 0 N–H and O–H groups in total. The number of hydrogen-bond acceptors (Lipinski definition) is 5. The van der Waals surface area contributed by atoms with Gasteiger partial charge in [-0.1, -0.05) is 5.21 Å². The van der Waals surface area contributed by atoms with Crippen LogP contribution in [-0.4, -0.2) is 47.1 Å². The number of benzene rings is 1. The van der Waals surface area contributed by atoms with Gasteiger partial charge in [0.2, 0.25) is 0 Å². The Morgan fingerprint density at radius 1 is 1.24 bits per heavy atom. The summed E-state index contributed by atoms with van der Waals surface area (Å²) in [4.78, 5) is 13.8. The maximum atomic E-state index is 13.1. The van der Waals surface area contributed by atoms with Crippen molar-refractivity contribution in [2.75, 3.05) is 31.2 Å². The Labute approximate surface area is 121 Å². The van der Waals surface area contributed by atoms with E-state index < -0.39 is 0 Å². The molecule has 21 heavy (non-hydrogen) atoms. The molecule has 0 bridgehead atoms. The SMILES string of the molecule is CC(=O)c1nnn(-c2ccc(F)cc2)c1N1CCOCC1. The first-order valence-corrected chi connectivity index (χ1v) is 6.72. The molecule has 0 unspecified atom stereocenters. The monoisotopic (exact) mass is 290 g/mol. The Balaban J connectivity index is 2.07. The minimum Gasteiger partial charge on any atom is -0.378 e. The summed E-state index contributed by atoms with van der Waals surface area (Å²) in [5.41, 5.74) is 0.985. The van der Waals surface area contributed by atoms with Crippen molar-refractivity contribution in [2.45, 2.75) is 6.92 Å². The standard InChI is InChI=1S/C14H15FN4O2/c1-10(20)13-14(18-6-8-21-9-7-18)19(17-16-13)12-4-2-11(15)3-5-12/h2-5H,6-9H2,1H3. The van der Waals surface area contributed by atoms with Crippen molar-refractivity contribution in [2.24, 2.45) is 0 Å². The summed E-state index contributed by atoms with van der Waals surface area (Å²) in [5, 5.41) is 8.03. The van der Waals surface area contributed by atoms with Gasteiger partial charge in [0.15, 0.2) is 17.3 Å². The van der Waals surface area contributed by atoms with E-state index in [1.807, 2.05) is 4.90 Å². The molecule has 1 saturated heterocycles. The van der Waals surface area contributed by atoms with Gasteiger partial charge in [0.05, 0.1) is 18.9 Å². The molecule has 3 rings (SSSR count). The van der Waals surface area contributed by atoms with E-state index in [1.54, 1.807) is 16.8 Å². The molecular formula is C14H15FN4O2. The molecule has 110 valence electrons. The highest BCUT2D eigenvalue weighted by Gasteiger charge is 2.24. The van der Waals surface area contributed by atoms with Gasteiger partial charge in [-0.2, -0.15) is 4.68 Å². The van der Waals surface area contributed by atoms with Gasteiger partial charge < -0.3 is 9.64 Å². The average Bonchev–Trinajstić information content (AvgIpc) is 2.94. The Hall–Kier alpha value is -2.28. The molecule has 2 aromatic rings. The summed E-state index contributed by atoms with van der Waals surface area (Å²) < 4.78 is 20.0. The molecule has 1 fully saturated rings. The zero-order valence-corrected chi connectivity index (χ0v) is 11.6. The predicted molar refractivity (Wildman–Crippen MR) is 74.4 cm³/mol. The van der Waals surface area contributed by atoms with Gasteiger partial charge in [-0.05, 0) is 24.3 Å². The molecule has 1 aromatic carbocycles. The first-order valence-electron chi connectivity index (χ1n) is 6.72. The number of morpholine rings is 1. The van der Waals surface area contributed by atoms with E-state index in [-0.39, 0.29) is 11.6 Å². The Bertz CT molecular complexity index is 647. The van der Waals surface area contributed by atoms with E-state index in [2.05, 4.69) is 10.3 Å². The second-order valence-corrected chi connectivity index (χ2v) is 4.81. The maximum absolute atomic E-state index is 13.1. The molecule has 0 saturated carbocycles. The number of aromatic nitrogens is 3. The van der Waals surface area contributed by atoms with Crippen LogP contribution in [0.1, 0.15) is 17.4 Å². The van der Waals surface area contributed by atoms with Gasteiger partial charge in [-0.25, -0.2) is 4.39 Å². The molecule has 7 heteroatoms. The molecule has 0 radical (unpaired) electrons. The number of nitrogens with zero attached hydrogens (tertiary/aromatic N) is 4. The van der Waals surface area contributed by atoms with E-state index >= 15 is 0 Å². The van der Waals surface area contributed by atoms with Crippen LogP contribution in [0.15, 0.2) is 24.3 Å². The topological polar surface area (TPSA) is 60.2 Å². The van der Waals surface area contributed by atoms with E-state index in [0.717, 1.165) is 0 Å². The highest BCUT2D eigenvalue weighted by molar-refractivity contribution is 5.97. The van der Waals surface area contributed by atoms with Crippen molar-refractivity contribution >= 4 is 11.6 Å². The predicted octanol–water partition coefficient (Wildman–Crippen LogP) is 1.45. The van der Waals surface area contributed by atoms with Gasteiger partial charge in [0.1, 0.15) is 5.82 Å². The molecule has 0 atom stereocenters. The normalized spacial score (nSPS) is 15.2. The lowest BCUT2D eigenvalue weighted by Gasteiger charge is -2.29. The summed E-state index contributed by atoms with van der Waals surface area (Å²) in [5.74, 6) is 0.167. The molecule has 2 heterocycles. The van der Waals surface area contributed by atoms with Crippen LogP contribution in [0.4, 0.5) is 10.2 Å². The number of carbonyl (C=O) groups is 1. The minimum atomic E-state index is -0.321. The number of ether oxygens (including phenoxy) is 1. The largest absolute Gasteiger partial charge is 0.378 e. The van der Waals surface area contributed by atoms with E-state index in [9.17, 15) is 9.18 Å². The second kappa shape index (κ2) is 5.61. The van der Waals surface area contributed by atoms with E-state index in [1.165, 1.54) is 19.1 Å².